The summed E-state index contributed by atoms with van der Waals surface area (Å²) in [5, 5.41) is 0.640. The van der Waals surface area contributed by atoms with E-state index in [1.807, 2.05) is 37.3 Å². The van der Waals surface area contributed by atoms with Gasteiger partial charge in [-0.15, -0.1) is 0 Å². The lowest BCUT2D eigenvalue weighted by atomic mass is 10.1. The number of rotatable bonds is 5. The SMILES string of the molecule is CCN(C(=O)c1cc2cccnc2n(Cc2ccccc2F)c1=O)c1ccccc1. The maximum atomic E-state index is 14.3. The second-order valence-electron chi connectivity index (χ2n) is 6.84. The zero-order valence-electron chi connectivity index (χ0n) is 16.5. The Morgan fingerprint density at radius 1 is 1.03 bits per heavy atom. The van der Waals surface area contributed by atoms with Crippen molar-refractivity contribution in [2.75, 3.05) is 11.4 Å². The fourth-order valence-electron chi connectivity index (χ4n) is 3.50. The fourth-order valence-corrected chi connectivity index (χ4v) is 3.50. The first-order chi connectivity index (χ1) is 14.6. The van der Waals surface area contributed by atoms with Crippen LogP contribution in [-0.4, -0.2) is 22.0 Å². The molecule has 2 aromatic carbocycles. The van der Waals surface area contributed by atoms with Gasteiger partial charge in [0.25, 0.3) is 11.5 Å². The molecule has 0 aliphatic rings. The molecule has 0 bridgehead atoms. The van der Waals surface area contributed by atoms with Gasteiger partial charge in [0.1, 0.15) is 17.0 Å². The van der Waals surface area contributed by atoms with Crippen molar-refractivity contribution in [1.29, 1.82) is 0 Å². The minimum atomic E-state index is -0.496. The molecule has 0 saturated heterocycles. The van der Waals surface area contributed by atoms with Crippen LogP contribution < -0.4 is 10.5 Å². The van der Waals surface area contributed by atoms with Crippen LogP contribution in [0.5, 0.6) is 0 Å². The van der Waals surface area contributed by atoms with Gasteiger partial charge < -0.3 is 4.90 Å². The van der Waals surface area contributed by atoms with Gasteiger partial charge in [-0.05, 0) is 43.3 Å². The predicted molar refractivity (Wildman–Crippen MR) is 115 cm³/mol. The van der Waals surface area contributed by atoms with E-state index in [2.05, 4.69) is 4.98 Å². The molecule has 0 aliphatic heterocycles. The molecule has 0 aliphatic carbocycles. The molecule has 6 heteroatoms. The Hall–Kier alpha value is -3.80. The van der Waals surface area contributed by atoms with Gasteiger partial charge in [-0.25, -0.2) is 9.37 Å². The number of fused-ring (bicyclic) bond motifs is 1. The summed E-state index contributed by atoms with van der Waals surface area (Å²) in [6.07, 6.45) is 1.57. The van der Waals surface area contributed by atoms with Crippen LogP contribution >= 0.6 is 0 Å². The van der Waals surface area contributed by atoms with Gasteiger partial charge in [0.15, 0.2) is 0 Å². The maximum Gasteiger partial charge on any atom is 0.265 e. The molecule has 1 amide bonds. The van der Waals surface area contributed by atoms with Gasteiger partial charge in [0.05, 0.1) is 6.54 Å². The van der Waals surface area contributed by atoms with E-state index in [0.29, 0.717) is 28.8 Å². The summed E-state index contributed by atoms with van der Waals surface area (Å²) < 4.78 is 15.6. The molecule has 0 atom stereocenters. The summed E-state index contributed by atoms with van der Waals surface area (Å²) in [6, 6.07) is 20.5. The number of amides is 1. The van der Waals surface area contributed by atoms with Crippen LogP contribution in [0.3, 0.4) is 0 Å². The van der Waals surface area contributed by atoms with Crippen LogP contribution in [0.15, 0.2) is 83.8 Å². The number of para-hydroxylation sites is 1. The highest BCUT2D eigenvalue weighted by Crippen LogP contribution is 2.19. The quantitative estimate of drug-likeness (QED) is 0.502. The first-order valence-corrected chi connectivity index (χ1v) is 9.69. The molecule has 4 aromatic rings. The molecule has 2 heterocycles. The molecule has 150 valence electrons. The van der Waals surface area contributed by atoms with Crippen molar-refractivity contribution >= 4 is 22.6 Å². The monoisotopic (exact) mass is 401 g/mol. The zero-order chi connectivity index (χ0) is 21.1. The average Bonchev–Trinajstić information content (AvgIpc) is 2.78. The van der Waals surface area contributed by atoms with Crippen molar-refractivity contribution in [3.05, 3.63) is 106 Å². The van der Waals surface area contributed by atoms with Gasteiger partial charge in [-0.3, -0.25) is 14.2 Å². The van der Waals surface area contributed by atoms with Crippen LogP contribution in [0, 0.1) is 5.82 Å². The van der Waals surface area contributed by atoms with Crippen molar-refractivity contribution < 1.29 is 9.18 Å². The lowest BCUT2D eigenvalue weighted by Crippen LogP contribution is -2.37. The molecule has 0 N–H and O–H groups in total. The summed E-state index contributed by atoms with van der Waals surface area (Å²) in [6.45, 7) is 2.24. The molecule has 0 saturated carbocycles. The van der Waals surface area contributed by atoms with E-state index in [1.165, 1.54) is 10.6 Å². The highest BCUT2D eigenvalue weighted by atomic mass is 19.1. The van der Waals surface area contributed by atoms with E-state index in [4.69, 9.17) is 0 Å². The Bertz CT molecular complexity index is 1270. The van der Waals surface area contributed by atoms with E-state index in [-0.39, 0.29) is 12.1 Å². The summed E-state index contributed by atoms with van der Waals surface area (Å²) >= 11 is 0. The Balaban J connectivity index is 1.87. The Labute approximate surface area is 173 Å². The highest BCUT2D eigenvalue weighted by Gasteiger charge is 2.22. The Morgan fingerprint density at radius 2 is 1.77 bits per heavy atom. The predicted octanol–water partition coefficient (Wildman–Crippen LogP) is 4.25. The van der Waals surface area contributed by atoms with E-state index >= 15 is 0 Å². The average molecular weight is 401 g/mol. The number of hydrogen-bond acceptors (Lipinski definition) is 3. The molecule has 2 aromatic heterocycles. The minimum absolute atomic E-state index is 0.0163. The third-order valence-electron chi connectivity index (χ3n) is 4.99. The number of nitrogens with zero attached hydrogens (tertiary/aromatic N) is 3. The Kier molecular flexibility index (Phi) is 5.39. The minimum Gasteiger partial charge on any atom is -0.308 e. The van der Waals surface area contributed by atoms with Gasteiger partial charge in [0.2, 0.25) is 0 Å². The number of aromatic nitrogens is 2. The van der Waals surface area contributed by atoms with Gasteiger partial charge in [-0.2, -0.15) is 0 Å². The van der Waals surface area contributed by atoms with Crippen molar-refractivity contribution in [3.63, 3.8) is 0 Å². The molecule has 5 nitrogen and oxygen atoms in total. The fraction of sp³-hybridized carbons (Fsp3) is 0.125. The highest BCUT2D eigenvalue weighted by molar-refractivity contribution is 6.07. The number of hydrogen-bond donors (Lipinski definition) is 0. The van der Waals surface area contributed by atoms with Crippen LogP contribution in [0.2, 0.25) is 0 Å². The number of pyridine rings is 2. The van der Waals surface area contributed by atoms with Crippen molar-refractivity contribution in [2.24, 2.45) is 0 Å². The molecule has 4 rings (SSSR count). The lowest BCUT2D eigenvalue weighted by molar-refractivity contribution is 0.0986. The summed E-state index contributed by atoms with van der Waals surface area (Å²) in [4.78, 5) is 32.5. The molecule has 0 unspecified atom stereocenters. The van der Waals surface area contributed by atoms with Gasteiger partial charge in [0, 0.05) is 29.4 Å². The topological polar surface area (TPSA) is 55.2 Å². The largest absolute Gasteiger partial charge is 0.308 e. The number of anilines is 1. The van der Waals surface area contributed by atoms with Gasteiger partial charge >= 0.3 is 0 Å². The normalized spacial score (nSPS) is 10.9. The van der Waals surface area contributed by atoms with E-state index in [9.17, 15) is 14.0 Å². The molecular weight excluding hydrogens is 381 g/mol. The molecule has 0 spiro atoms. The number of benzene rings is 2. The molecular formula is C24H20FN3O2. The first kappa shape index (κ1) is 19.5. The molecule has 0 fully saturated rings. The summed E-state index contributed by atoms with van der Waals surface area (Å²) in [7, 11) is 0. The third-order valence-corrected chi connectivity index (χ3v) is 4.99. The van der Waals surface area contributed by atoms with E-state index in [0.717, 1.165) is 0 Å². The second kappa shape index (κ2) is 8.29. The maximum absolute atomic E-state index is 14.3. The molecule has 30 heavy (non-hydrogen) atoms. The zero-order valence-corrected chi connectivity index (χ0v) is 16.5. The van der Waals surface area contributed by atoms with Crippen LogP contribution in [-0.2, 0) is 6.54 Å². The van der Waals surface area contributed by atoms with Crippen LogP contribution in [0.4, 0.5) is 10.1 Å². The van der Waals surface area contributed by atoms with E-state index in [1.54, 1.807) is 47.5 Å². The third kappa shape index (κ3) is 3.59. The van der Waals surface area contributed by atoms with Crippen LogP contribution in [0.1, 0.15) is 22.8 Å². The summed E-state index contributed by atoms with van der Waals surface area (Å²) in [5.74, 6) is -0.814. The second-order valence-corrected chi connectivity index (χ2v) is 6.84. The summed E-state index contributed by atoms with van der Waals surface area (Å²) in [5.41, 5.74) is 0.995. The first-order valence-electron chi connectivity index (χ1n) is 9.69. The standard InChI is InChI=1S/C24H20FN3O2/c1-2-27(19-11-4-3-5-12-19)23(29)20-15-17-10-8-14-26-22(17)28(24(20)30)16-18-9-6-7-13-21(18)25/h3-15H,2,16H2,1H3. The van der Waals surface area contributed by atoms with E-state index < -0.39 is 17.3 Å². The number of carbonyl (C=O) groups excluding carboxylic acids is 1. The number of halogens is 1. The lowest BCUT2D eigenvalue weighted by Gasteiger charge is -2.21. The Morgan fingerprint density at radius 3 is 2.50 bits per heavy atom. The smallest absolute Gasteiger partial charge is 0.265 e. The van der Waals surface area contributed by atoms with Crippen molar-refractivity contribution in [1.82, 2.24) is 9.55 Å². The van der Waals surface area contributed by atoms with Gasteiger partial charge in [-0.1, -0.05) is 36.4 Å². The number of carbonyl (C=O) groups is 1. The van der Waals surface area contributed by atoms with Crippen LogP contribution in [0.25, 0.3) is 11.0 Å². The van der Waals surface area contributed by atoms with Crippen molar-refractivity contribution in [2.45, 2.75) is 13.5 Å². The molecule has 0 radical (unpaired) electrons. The van der Waals surface area contributed by atoms with Crippen molar-refractivity contribution in [3.8, 4) is 0 Å².